The Bertz CT molecular complexity index is 996. The van der Waals surface area contributed by atoms with Crippen LogP contribution in [0.1, 0.15) is 29.8 Å². The zero-order chi connectivity index (χ0) is 19.5. The van der Waals surface area contributed by atoms with Gasteiger partial charge in [0.05, 0.1) is 5.02 Å². The lowest BCUT2D eigenvalue weighted by Crippen LogP contribution is -2.45. The van der Waals surface area contributed by atoms with E-state index in [0.717, 1.165) is 37.2 Å². The number of nitrogens with zero attached hydrogens (tertiary/aromatic N) is 3. The highest BCUT2D eigenvalue weighted by Gasteiger charge is 2.20. The molecule has 2 aromatic carbocycles. The van der Waals surface area contributed by atoms with Crippen molar-refractivity contribution in [3.63, 3.8) is 0 Å². The fourth-order valence-electron chi connectivity index (χ4n) is 3.35. The smallest absolute Gasteiger partial charge is 0.285 e. The van der Waals surface area contributed by atoms with Crippen LogP contribution in [0.5, 0.6) is 0 Å². The van der Waals surface area contributed by atoms with Gasteiger partial charge in [0.2, 0.25) is 0 Å². The summed E-state index contributed by atoms with van der Waals surface area (Å²) in [5.74, 6) is 0.368. The molecule has 0 unspecified atom stereocenters. The predicted octanol–water partition coefficient (Wildman–Crippen LogP) is 4.98. The van der Waals surface area contributed by atoms with Gasteiger partial charge >= 0.3 is 0 Å². The van der Waals surface area contributed by atoms with E-state index >= 15 is 0 Å². The monoisotopic (exact) mass is 414 g/mol. The van der Waals surface area contributed by atoms with Crippen LogP contribution in [0.25, 0.3) is 17.1 Å². The Morgan fingerprint density at radius 3 is 2.54 bits per heavy atom. The summed E-state index contributed by atoms with van der Waals surface area (Å²) in [4.78, 5) is 17.4. The minimum Gasteiger partial charge on any atom is -0.299 e. The van der Waals surface area contributed by atoms with Crippen LogP contribution < -0.4 is 5.43 Å². The molecule has 1 aromatic heterocycles. The topological polar surface area (TPSA) is 50.2 Å². The van der Waals surface area contributed by atoms with Crippen molar-refractivity contribution in [2.75, 3.05) is 13.1 Å². The molecule has 4 rings (SSSR count). The van der Waals surface area contributed by atoms with Gasteiger partial charge in [-0.15, -0.1) is 0 Å². The molecule has 28 heavy (non-hydrogen) atoms. The van der Waals surface area contributed by atoms with Crippen molar-refractivity contribution in [3.05, 3.63) is 70.5 Å². The van der Waals surface area contributed by atoms with Crippen molar-refractivity contribution in [2.24, 2.45) is 0 Å². The van der Waals surface area contributed by atoms with Gasteiger partial charge in [-0.25, -0.2) is 9.99 Å². The van der Waals surface area contributed by atoms with E-state index in [1.165, 1.54) is 6.42 Å². The molecule has 0 spiro atoms. The fourth-order valence-corrected chi connectivity index (χ4v) is 3.76. The summed E-state index contributed by atoms with van der Waals surface area (Å²) < 4.78 is 1.85. The first kappa shape index (κ1) is 19.0. The maximum absolute atomic E-state index is 12.8. The van der Waals surface area contributed by atoms with Gasteiger partial charge in [0, 0.05) is 35.6 Å². The van der Waals surface area contributed by atoms with Crippen LogP contribution in [-0.2, 0) is 0 Å². The van der Waals surface area contributed by atoms with Gasteiger partial charge in [-0.05, 0) is 43.2 Å². The summed E-state index contributed by atoms with van der Waals surface area (Å²) in [5, 5.41) is 3.13. The third-order valence-electron chi connectivity index (χ3n) is 4.76. The Kier molecular flexibility index (Phi) is 5.67. The molecule has 0 aliphatic carbocycles. The van der Waals surface area contributed by atoms with Crippen LogP contribution in [0.3, 0.4) is 0 Å². The number of hydrogen-bond donors (Lipinski definition) is 1. The molecule has 0 atom stereocenters. The van der Waals surface area contributed by atoms with Crippen molar-refractivity contribution < 1.29 is 4.79 Å². The second kappa shape index (κ2) is 8.35. The van der Waals surface area contributed by atoms with E-state index in [9.17, 15) is 4.79 Å². The minimum atomic E-state index is -0.226. The zero-order valence-corrected chi connectivity index (χ0v) is 16.7. The Morgan fingerprint density at radius 2 is 1.79 bits per heavy atom. The number of hydrazine groups is 1. The van der Waals surface area contributed by atoms with Gasteiger partial charge in [-0.2, -0.15) is 0 Å². The first-order chi connectivity index (χ1) is 13.6. The number of hydrogen-bond acceptors (Lipinski definition) is 3. The van der Waals surface area contributed by atoms with Crippen LogP contribution >= 0.6 is 23.2 Å². The molecular weight excluding hydrogens is 395 g/mol. The molecule has 1 aliphatic heterocycles. The van der Waals surface area contributed by atoms with Gasteiger partial charge in [-0.1, -0.05) is 47.8 Å². The van der Waals surface area contributed by atoms with E-state index in [1.807, 2.05) is 46.0 Å². The quantitative estimate of drug-likeness (QED) is 0.654. The van der Waals surface area contributed by atoms with E-state index in [2.05, 4.69) is 10.4 Å². The number of rotatable bonds is 4. The number of halogens is 2. The van der Waals surface area contributed by atoms with Gasteiger partial charge in [-0.3, -0.25) is 14.8 Å². The molecule has 1 saturated heterocycles. The summed E-state index contributed by atoms with van der Waals surface area (Å²) in [6, 6.07) is 14.9. The van der Waals surface area contributed by atoms with Crippen molar-refractivity contribution in [1.29, 1.82) is 0 Å². The number of nitrogens with one attached hydrogen (secondary N) is 1. The van der Waals surface area contributed by atoms with E-state index < -0.39 is 0 Å². The van der Waals surface area contributed by atoms with Crippen LogP contribution in [-0.4, -0.2) is 33.6 Å². The van der Waals surface area contributed by atoms with Crippen LogP contribution in [0.15, 0.2) is 54.7 Å². The minimum absolute atomic E-state index is 0.226. The van der Waals surface area contributed by atoms with E-state index in [-0.39, 0.29) is 5.91 Å². The van der Waals surface area contributed by atoms with Crippen molar-refractivity contribution in [1.82, 2.24) is 20.0 Å². The number of piperidine rings is 1. The molecule has 1 fully saturated rings. The SMILES string of the molecule is O=C(NN1CCCCC1)c1cn(-c2cccc(Cl)c2)c(-c2ccccc2Cl)n1. The number of benzene rings is 2. The highest BCUT2D eigenvalue weighted by atomic mass is 35.5. The molecule has 5 nitrogen and oxygen atoms in total. The summed E-state index contributed by atoms with van der Waals surface area (Å²) >= 11 is 12.6. The maximum atomic E-state index is 12.8. The number of carbonyl (C=O) groups excluding carboxylic acids is 1. The van der Waals surface area contributed by atoms with E-state index in [1.54, 1.807) is 18.3 Å². The fraction of sp³-hybridized carbons (Fsp3) is 0.238. The highest BCUT2D eigenvalue weighted by molar-refractivity contribution is 6.33. The first-order valence-electron chi connectivity index (χ1n) is 9.28. The Hall–Kier alpha value is -2.34. The lowest BCUT2D eigenvalue weighted by atomic mass is 10.2. The molecular formula is C21H20Cl2N4O. The third-order valence-corrected chi connectivity index (χ3v) is 5.32. The molecule has 1 aliphatic rings. The third kappa shape index (κ3) is 4.07. The number of amides is 1. The average molecular weight is 415 g/mol. The maximum Gasteiger partial charge on any atom is 0.285 e. The molecule has 7 heteroatoms. The zero-order valence-electron chi connectivity index (χ0n) is 15.2. The lowest BCUT2D eigenvalue weighted by Gasteiger charge is -2.26. The second-order valence-electron chi connectivity index (χ2n) is 6.77. The molecule has 1 amide bonds. The normalized spacial score (nSPS) is 14.8. The summed E-state index contributed by atoms with van der Waals surface area (Å²) in [5.41, 5.74) is 4.86. The largest absolute Gasteiger partial charge is 0.299 e. The van der Waals surface area contributed by atoms with Crippen LogP contribution in [0.4, 0.5) is 0 Å². The number of aromatic nitrogens is 2. The Labute approximate surface area is 173 Å². The second-order valence-corrected chi connectivity index (χ2v) is 7.61. The van der Waals surface area contributed by atoms with E-state index in [4.69, 9.17) is 23.2 Å². The molecule has 0 radical (unpaired) electrons. The van der Waals surface area contributed by atoms with Crippen molar-refractivity contribution >= 4 is 29.1 Å². The summed E-state index contributed by atoms with van der Waals surface area (Å²) in [6.45, 7) is 1.72. The summed E-state index contributed by atoms with van der Waals surface area (Å²) in [6.07, 6.45) is 5.10. The first-order valence-corrected chi connectivity index (χ1v) is 10.0. The van der Waals surface area contributed by atoms with Gasteiger partial charge in [0.1, 0.15) is 11.5 Å². The number of imidazole rings is 1. The molecule has 2 heterocycles. The van der Waals surface area contributed by atoms with Gasteiger partial charge < -0.3 is 0 Å². The highest BCUT2D eigenvalue weighted by Crippen LogP contribution is 2.30. The predicted molar refractivity (Wildman–Crippen MR) is 112 cm³/mol. The van der Waals surface area contributed by atoms with Crippen molar-refractivity contribution in [3.8, 4) is 17.1 Å². The lowest BCUT2D eigenvalue weighted by molar-refractivity contribution is 0.0745. The molecule has 0 saturated carbocycles. The standard InChI is InChI=1S/C21H20Cl2N4O/c22-15-7-6-8-16(13-15)27-14-19(21(28)25-26-11-4-1-5-12-26)24-20(27)17-9-2-3-10-18(17)23/h2-3,6-10,13-14H,1,4-5,11-12H2,(H,25,28). The molecule has 0 bridgehead atoms. The number of carbonyl (C=O) groups is 1. The van der Waals surface area contributed by atoms with Crippen LogP contribution in [0.2, 0.25) is 10.0 Å². The van der Waals surface area contributed by atoms with Crippen LogP contribution in [0, 0.1) is 0 Å². The Morgan fingerprint density at radius 1 is 1.00 bits per heavy atom. The van der Waals surface area contributed by atoms with Gasteiger partial charge in [0.15, 0.2) is 0 Å². The van der Waals surface area contributed by atoms with Crippen molar-refractivity contribution in [2.45, 2.75) is 19.3 Å². The molecule has 3 aromatic rings. The van der Waals surface area contributed by atoms with Gasteiger partial charge in [0.25, 0.3) is 5.91 Å². The Balaban J connectivity index is 1.73. The molecule has 144 valence electrons. The average Bonchev–Trinajstić information content (AvgIpc) is 3.14. The summed E-state index contributed by atoms with van der Waals surface area (Å²) in [7, 11) is 0. The molecule has 1 N–H and O–H groups in total. The van der Waals surface area contributed by atoms with E-state index in [0.29, 0.717) is 21.6 Å².